The Balaban J connectivity index is 4.65. The monoisotopic (exact) mass is 377 g/mol. The minimum atomic E-state index is -2.47. The van der Waals surface area contributed by atoms with Gasteiger partial charge in [0.15, 0.2) is 0 Å². The Morgan fingerprint density at radius 2 is 1.25 bits per heavy atom. The predicted molar refractivity (Wildman–Crippen MR) is 109 cm³/mol. The third-order valence-electron chi connectivity index (χ3n) is 5.26. The molecule has 0 bridgehead atoms. The van der Waals surface area contributed by atoms with Crippen molar-refractivity contribution in [3.8, 4) is 0 Å². The van der Waals surface area contributed by atoms with Gasteiger partial charge in [-0.15, -0.1) is 0 Å². The fraction of sp³-hybridized carbons (Fsp3) is 1.00. The van der Waals surface area contributed by atoms with Crippen LogP contribution in [0.25, 0.3) is 0 Å². The van der Waals surface area contributed by atoms with Crippen molar-refractivity contribution in [3.63, 3.8) is 0 Å². The first-order chi connectivity index (χ1) is 11.1. The smallest absolute Gasteiger partial charge is 0.374 e. The third-order valence-corrected chi connectivity index (χ3v) is 14.2. The Bertz CT molecular complexity index is 316. The highest BCUT2D eigenvalue weighted by Crippen LogP contribution is 2.38. The molecule has 0 aliphatic heterocycles. The van der Waals surface area contributed by atoms with Crippen LogP contribution in [0.2, 0.25) is 24.2 Å². The van der Waals surface area contributed by atoms with Gasteiger partial charge in [-0.05, 0) is 51.7 Å². The van der Waals surface area contributed by atoms with Crippen LogP contribution in [0, 0.1) is 0 Å². The van der Waals surface area contributed by atoms with Crippen LogP contribution in [-0.4, -0.2) is 54.5 Å². The molecule has 0 N–H and O–H groups in total. The minimum Gasteiger partial charge on any atom is -0.374 e. The van der Waals surface area contributed by atoms with Gasteiger partial charge in [-0.2, -0.15) is 0 Å². The lowest BCUT2D eigenvalue weighted by Gasteiger charge is -2.45. The molecule has 0 saturated heterocycles. The first kappa shape index (κ1) is 24.3. The van der Waals surface area contributed by atoms with E-state index in [4.69, 9.17) is 13.3 Å². The average molecular weight is 378 g/mol. The number of hydrogen-bond donors (Lipinski definition) is 0. The fourth-order valence-electron chi connectivity index (χ4n) is 2.95. The van der Waals surface area contributed by atoms with Gasteiger partial charge in [0.25, 0.3) is 0 Å². The molecular formula is C18H43NO3Si2. The summed E-state index contributed by atoms with van der Waals surface area (Å²) >= 11 is 0. The topological polar surface area (TPSA) is 30.9 Å². The Morgan fingerprint density at radius 3 is 1.58 bits per heavy atom. The molecule has 0 aromatic heterocycles. The molecule has 4 nitrogen and oxygen atoms in total. The van der Waals surface area contributed by atoms with Crippen LogP contribution < -0.4 is 0 Å². The van der Waals surface area contributed by atoms with Crippen LogP contribution in [-0.2, 0) is 13.3 Å². The van der Waals surface area contributed by atoms with Gasteiger partial charge in [0.2, 0.25) is 0 Å². The molecule has 0 saturated carbocycles. The number of rotatable bonds is 13. The second-order valence-corrected chi connectivity index (χ2v) is 15.8. The molecule has 146 valence electrons. The van der Waals surface area contributed by atoms with E-state index in [1.54, 1.807) is 0 Å². The molecule has 0 spiro atoms. The summed E-state index contributed by atoms with van der Waals surface area (Å²) in [5.74, 6) is 0. The molecule has 0 unspecified atom stereocenters. The van der Waals surface area contributed by atoms with E-state index in [9.17, 15) is 0 Å². The average Bonchev–Trinajstić information content (AvgIpc) is 2.46. The van der Waals surface area contributed by atoms with Crippen molar-refractivity contribution in [3.05, 3.63) is 0 Å². The van der Waals surface area contributed by atoms with E-state index in [1.165, 1.54) is 13.0 Å². The predicted octanol–water partition coefficient (Wildman–Crippen LogP) is 5.14. The van der Waals surface area contributed by atoms with E-state index in [0.717, 1.165) is 19.0 Å². The van der Waals surface area contributed by atoms with Crippen LogP contribution in [0.15, 0.2) is 0 Å². The largest absolute Gasteiger partial charge is 0.500 e. The molecule has 0 fully saturated rings. The summed E-state index contributed by atoms with van der Waals surface area (Å²) in [5.41, 5.74) is 0. The number of unbranched alkanes of at least 4 members (excludes halogenated alkanes) is 1. The normalized spacial score (nSPS) is 13.8. The highest BCUT2D eigenvalue weighted by Gasteiger charge is 2.41. The molecule has 0 heterocycles. The Hall–Kier alpha value is 0.274. The van der Waals surface area contributed by atoms with E-state index in [-0.39, 0.29) is 0 Å². The fourth-order valence-corrected chi connectivity index (χ4v) is 8.09. The van der Waals surface area contributed by atoms with Gasteiger partial charge in [0, 0.05) is 25.9 Å². The van der Waals surface area contributed by atoms with E-state index in [0.29, 0.717) is 24.9 Å². The Kier molecular flexibility index (Phi) is 11.2. The van der Waals surface area contributed by atoms with Crippen molar-refractivity contribution in [1.82, 2.24) is 4.57 Å². The minimum absolute atomic E-state index is 0.392. The third kappa shape index (κ3) is 7.26. The SMILES string of the molecule is CCO[Si](CCCCN(CC)[Si](C)(C)C(C)(C)C)(OCC)OCC. The number of nitrogens with zero attached hydrogens (tertiary/aromatic N) is 1. The highest BCUT2D eigenvalue weighted by atomic mass is 28.4. The molecule has 24 heavy (non-hydrogen) atoms. The second-order valence-electron chi connectivity index (χ2n) is 7.83. The van der Waals surface area contributed by atoms with Gasteiger partial charge in [-0.25, -0.2) is 0 Å². The zero-order chi connectivity index (χ0) is 18.9. The summed E-state index contributed by atoms with van der Waals surface area (Å²) in [4.78, 5) is 0. The Labute approximate surface area is 153 Å². The molecule has 0 aliphatic rings. The summed E-state index contributed by atoms with van der Waals surface area (Å²) < 4.78 is 20.6. The number of hydrogen-bond acceptors (Lipinski definition) is 4. The van der Waals surface area contributed by atoms with E-state index in [1.807, 2.05) is 20.8 Å². The molecule has 6 heteroatoms. The molecule has 0 rings (SSSR count). The van der Waals surface area contributed by atoms with Gasteiger partial charge in [-0.1, -0.05) is 40.8 Å². The van der Waals surface area contributed by atoms with Crippen LogP contribution >= 0.6 is 0 Å². The lowest BCUT2D eigenvalue weighted by atomic mass is 10.2. The summed E-state index contributed by atoms with van der Waals surface area (Å²) in [6.07, 6.45) is 2.29. The van der Waals surface area contributed by atoms with E-state index < -0.39 is 17.0 Å². The van der Waals surface area contributed by atoms with Gasteiger partial charge in [0.05, 0.1) is 0 Å². The Morgan fingerprint density at radius 1 is 0.792 bits per heavy atom. The summed E-state index contributed by atoms with van der Waals surface area (Å²) in [6.45, 7) is 24.8. The van der Waals surface area contributed by atoms with Crippen molar-refractivity contribution in [2.24, 2.45) is 0 Å². The summed E-state index contributed by atoms with van der Waals surface area (Å²) in [5, 5.41) is 0.392. The molecule has 0 aromatic rings. The maximum absolute atomic E-state index is 5.95. The standard InChI is InChI=1S/C18H43NO3Si2/c1-10-19(23(8,9)18(5,6)7)16-14-15-17-24(20-11-2,21-12-3)22-13-4/h10-17H2,1-9H3. The molecule has 0 amide bonds. The van der Waals surface area contributed by atoms with Crippen molar-refractivity contribution < 1.29 is 13.3 Å². The first-order valence-electron chi connectivity index (χ1n) is 9.77. The van der Waals surface area contributed by atoms with Crippen LogP contribution in [0.4, 0.5) is 0 Å². The first-order valence-corrected chi connectivity index (χ1v) is 14.6. The zero-order valence-electron chi connectivity index (χ0n) is 17.8. The van der Waals surface area contributed by atoms with Crippen molar-refractivity contribution in [2.75, 3.05) is 32.9 Å². The quantitative estimate of drug-likeness (QED) is 0.328. The van der Waals surface area contributed by atoms with Gasteiger partial charge >= 0.3 is 8.80 Å². The van der Waals surface area contributed by atoms with E-state index in [2.05, 4.69) is 45.4 Å². The van der Waals surface area contributed by atoms with Crippen molar-refractivity contribution >= 4 is 17.0 Å². The molecule has 0 aliphatic carbocycles. The van der Waals surface area contributed by atoms with Gasteiger partial charge in [0.1, 0.15) is 8.24 Å². The lowest BCUT2D eigenvalue weighted by Crippen LogP contribution is -2.55. The molecule has 0 aromatic carbocycles. The summed E-state index contributed by atoms with van der Waals surface area (Å²) in [7, 11) is -3.89. The second kappa shape index (κ2) is 11.1. The van der Waals surface area contributed by atoms with Crippen LogP contribution in [0.3, 0.4) is 0 Å². The van der Waals surface area contributed by atoms with Crippen molar-refractivity contribution in [1.29, 1.82) is 0 Å². The zero-order valence-corrected chi connectivity index (χ0v) is 19.8. The molecular weight excluding hydrogens is 334 g/mol. The molecule has 0 atom stereocenters. The van der Waals surface area contributed by atoms with Crippen LogP contribution in [0.1, 0.15) is 61.3 Å². The van der Waals surface area contributed by atoms with E-state index >= 15 is 0 Å². The van der Waals surface area contributed by atoms with Crippen molar-refractivity contribution in [2.45, 2.75) is 85.5 Å². The maximum atomic E-state index is 5.95. The molecule has 0 radical (unpaired) electrons. The lowest BCUT2D eigenvalue weighted by molar-refractivity contribution is 0.0706. The van der Waals surface area contributed by atoms with Gasteiger partial charge in [-0.3, -0.25) is 0 Å². The highest BCUT2D eigenvalue weighted by molar-refractivity contribution is 6.77. The summed E-state index contributed by atoms with van der Waals surface area (Å²) in [6, 6.07) is 0.928. The maximum Gasteiger partial charge on any atom is 0.500 e. The van der Waals surface area contributed by atoms with Crippen LogP contribution in [0.5, 0.6) is 0 Å². The van der Waals surface area contributed by atoms with Gasteiger partial charge < -0.3 is 17.8 Å².